The molecule has 1 aromatic carbocycles. The molecule has 2 nitrogen and oxygen atoms in total. The Labute approximate surface area is 134 Å². The third-order valence-electron chi connectivity index (χ3n) is 2.93. The van der Waals surface area contributed by atoms with E-state index in [-0.39, 0.29) is 0 Å². The predicted molar refractivity (Wildman–Crippen MR) is 88.2 cm³/mol. The van der Waals surface area contributed by atoms with E-state index in [2.05, 4.69) is 55.4 Å². The molecule has 0 aliphatic heterocycles. The zero-order chi connectivity index (χ0) is 13.8. The van der Waals surface area contributed by atoms with Crippen LogP contribution in [0.3, 0.4) is 0 Å². The van der Waals surface area contributed by atoms with Crippen LogP contribution in [-0.4, -0.2) is 14.2 Å². The topological polar surface area (TPSA) is 21.3 Å². The minimum atomic E-state index is 0.305. The maximum atomic E-state index is 5.27. The molecule has 0 saturated carbocycles. The third kappa shape index (κ3) is 3.81. The Kier molecular flexibility index (Phi) is 5.45. The molecule has 0 radical (unpaired) electrons. The zero-order valence-corrected chi connectivity index (χ0v) is 14.7. The fourth-order valence-corrected chi connectivity index (χ4v) is 4.11. The molecule has 1 unspecified atom stereocenters. The van der Waals surface area contributed by atoms with Gasteiger partial charge in [0.25, 0.3) is 0 Å². The van der Waals surface area contributed by atoms with Gasteiger partial charge in [-0.15, -0.1) is 11.3 Å². The third-order valence-corrected chi connectivity index (χ3v) is 6.30. The maximum absolute atomic E-state index is 5.27. The van der Waals surface area contributed by atoms with E-state index in [1.165, 1.54) is 10.4 Å². The minimum Gasteiger partial charge on any atom is -0.497 e. The molecule has 0 amide bonds. The molecular weight excluding hydrogens is 390 g/mol. The lowest BCUT2D eigenvalue weighted by Crippen LogP contribution is -2.17. The first-order valence-corrected chi connectivity index (χ1v) is 8.29. The van der Waals surface area contributed by atoms with E-state index in [0.717, 1.165) is 20.4 Å². The fraction of sp³-hybridized carbons (Fsp3) is 0.286. The highest BCUT2D eigenvalue weighted by atomic mass is 79.9. The first-order chi connectivity index (χ1) is 9.13. The SMILES string of the molecule is CNC(Cc1cccc(OC)c1)c1cc(Br)c(Br)s1. The summed E-state index contributed by atoms with van der Waals surface area (Å²) in [5.74, 6) is 0.904. The van der Waals surface area contributed by atoms with Crippen LogP contribution in [0, 0.1) is 0 Å². The lowest BCUT2D eigenvalue weighted by molar-refractivity contribution is 0.414. The number of thiophene rings is 1. The second-order valence-corrected chi connectivity index (χ2v) is 7.42. The summed E-state index contributed by atoms with van der Waals surface area (Å²) in [5.41, 5.74) is 1.26. The largest absolute Gasteiger partial charge is 0.497 e. The number of hydrogen-bond acceptors (Lipinski definition) is 3. The van der Waals surface area contributed by atoms with Crippen LogP contribution >= 0.6 is 43.2 Å². The van der Waals surface area contributed by atoms with Crippen LogP contribution in [0.4, 0.5) is 0 Å². The van der Waals surface area contributed by atoms with E-state index >= 15 is 0 Å². The highest BCUT2D eigenvalue weighted by Crippen LogP contribution is 2.36. The standard InChI is InChI=1S/C14H15Br2NOS/c1-17-12(13-8-11(15)14(16)19-13)7-9-4-3-5-10(6-9)18-2/h3-6,8,12,17H,7H2,1-2H3. The summed E-state index contributed by atoms with van der Waals surface area (Å²) in [6.45, 7) is 0. The number of ether oxygens (including phenoxy) is 1. The predicted octanol–water partition coefficient (Wildman–Crippen LogP) is 4.78. The van der Waals surface area contributed by atoms with Gasteiger partial charge in [-0.05, 0) is 69.1 Å². The number of benzene rings is 1. The Balaban J connectivity index is 2.18. The molecule has 1 N–H and O–H groups in total. The van der Waals surface area contributed by atoms with Crippen LogP contribution in [0.25, 0.3) is 0 Å². The van der Waals surface area contributed by atoms with Gasteiger partial charge in [0.2, 0.25) is 0 Å². The minimum absolute atomic E-state index is 0.305. The van der Waals surface area contributed by atoms with Crippen molar-refractivity contribution in [2.24, 2.45) is 0 Å². The van der Waals surface area contributed by atoms with E-state index in [1.54, 1.807) is 18.4 Å². The zero-order valence-electron chi connectivity index (χ0n) is 10.7. The second-order valence-electron chi connectivity index (χ2n) is 4.17. The number of nitrogens with one attached hydrogen (secondary N) is 1. The van der Waals surface area contributed by atoms with Gasteiger partial charge in [0, 0.05) is 15.4 Å². The molecule has 0 fully saturated rings. The van der Waals surface area contributed by atoms with Crippen molar-refractivity contribution in [1.29, 1.82) is 0 Å². The second kappa shape index (κ2) is 6.88. The molecule has 1 atom stereocenters. The van der Waals surface area contributed by atoms with Gasteiger partial charge in [-0.3, -0.25) is 0 Å². The Bertz CT molecular complexity index is 537. The van der Waals surface area contributed by atoms with Gasteiger partial charge in [0.15, 0.2) is 0 Å². The summed E-state index contributed by atoms with van der Waals surface area (Å²) < 4.78 is 7.51. The molecule has 0 aliphatic rings. The highest BCUT2D eigenvalue weighted by molar-refractivity contribution is 9.13. The molecule has 1 aromatic heterocycles. The summed E-state index contributed by atoms with van der Waals surface area (Å²) in [4.78, 5) is 1.31. The lowest BCUT2D eigenvalue weighted by atomic mass is 10.0. The molecule has 5 heteroatoms. The number of methoxy groups -OCH3 is 1. The molecule has 0 bridgehead atoms. The van der Waals surface area contributed by atoms with Crippen molar-refractivity contribution < 1.29 is 4.74 Å². The summed E-state index contributed by atoms with van der Waals surface area (Å²) in [5, 5.41) is 3.37. The average Bonchev–Trinajstić information content (AvgIpc) is 2.76. The molecule has 102 valence electrons. The molecule has 2 aromatic rings. The average molecular weight is 405 g/mol. The van der Waals surface area contributed by atoms with Crippen LogP contribution in [0.15, 0.2) is 38.6 Å². The van der Waals surface area contributed by atoms with Crippen molar-refractivity contribution >= 4 is 43.2 Å². The molecule has 0 aliphatic carbocycles. The number of likely N-dealkylation sites (N-methyl/N-ethyl adjacent to an activating group) is 1. The number of halogens is 2. The number of rotatable bonds is 5. The summed E-state index contributed by atoms with van der Waals surface area (Å²) in [6, 6.07) is 10.7. The lowest BCUT2D eigenvalue weighted by Gasteiger charge is -2.15. The Hall–Kier alpha value is -0.360. The summed E-state index contributed by atoms with van der Waals surface area (Å²) in [6.07, 6.45) is 0.938. The normalized spacial score (nSPS) is 12.4. The van der Waals surface area contributed by atoms with E-state index in [4.69, 9.17) is 4.74 Å². The van der Waals surface area contributed by atoms with Crippen LogP contribution < -0.4 is 10.1 Å². The Morgan fingerprint density at radius 2 is 2.11 bits per heavy atom. The van der Waals surface area contributed by atoms with Crippen LogP contribution in [0.1, 0.15) is 16.5 Å². The molecule has 19 heavy (non-hydrogen) atoms. The van der Waals surface area contributed by atoms with Gasteiger partial charge < -0.3 is 10.1 Å². The summed E-state index contributed by atoms with van der Waals surface area (Å²) >= 11 is 8.84. The summed E-state index contributed by atoms with van der Waals surface area (Å²) in [7, 11) is 3.69. The monoisotopic (exact) mass is 403 g/mol. The molecule has 0 spiro atoms. The highest BCUT2D eigenvalue weighted by Gasteiger charge is 2.15. The first-order valence-electron chi connectivity index (χ1n) is 5.89. The van der Waals surface area contributed by atoms with E-state index < -0.39 is 0 Å². The van der Waals surface area contributed by atoms with Gasteiger partial charge in [0.05, 0.1) is 10.9 Å². The van der Waals surface area contributed by atoms with Gasteiger partial charge >= 0.3 is 0 Å². The smallest absolute Gasteiger partial charge is 0.119 e. The Morgan fingerprint density at radius 1 is 1.32 bits per heavy atom. The van der Waals surface area contributed by atoms with Crippen molar-refractivity contribution in [1.82, 2.24) is 5.32 Å². The maximum Gasteiger partial charge on any atom is 0.119 e. The molecule has 2 rings (SSSR count). The van der Waals surface area contributed by atoms with Crippen molar-refractivity contribution in [3.63, 3.8) is 0 Å². The quantitative estimate of drug-likeness (QED) is 0.773. The molecule has 0 saturated heterocycles. The van der Waals surface area contributed by atoms with Crippen LogP contribution in [0.2, 0.25) is 0 Å². The first kappa shape index (κ1) is 15.0. The van der Waals surface area contributed by atoms with Crippen LogP contribution in [-0.2, 0) is 6.42 Å². The molecule has 1 heterocycles. The van der Waals surface area contributed by atoms with Gasteiger partial charge in [-0.25, -0.2) is 0 Å². The van der Waals surface area contributed by atoms with E-state index in [1.807, 2.05) is 19.2 Å². The van der Waals surface area contributed by atoms with E-state index in [9.17, 15) is 0 Å². The van der Waals surface area contributed by atoms with Gasteiger partial charge in [-0.2, -0.15) is 0 Å². The van der Waals surface area contributed by atoms with Crippen molar-refractivity contribution in [2.45, 2.75) is 12.5 Å². The molecular formula is C14H15Br2NOS. The van der Waals surface area contributed by atoms with Gasteiger partial charge in [0.1, 0.15) is 5.75 Å². The van der Waals surface area contributed by atoms with E-state index in [0.29, 0.717) is 6.04 Å². The number of hydrogen-bond donors (Lipinski definition) is 1. The van der Waals surface area contributed by atoms with Crippen molar-refractivity contribution in [3.05, 3.63) is 49.0 Å². The van der Waals surface area contributed by atoms with Gasteiger partial charge in [-0.1, -0.05) is 12.1 Å². The van der Waals surface area contributed by atoms with Crippen LogP contribution in [0.5, 0.6) is 5.75 Å². The fourth-order valence-electron chi connectivity index (χ4n) is 1.92. The Morgan fingerprint density at radius 3 is 2.68 bits per heavy atom. The van der Waals surface area contributed by atoms with Crippen molar-refractivity contribution in [3.8, 4) is 5.75 Å². The van der Waals surface area contributed by atoms with Crippen molar-refractivity contribution in [2.75, 3.05) is 14.2 Å².